The number of hydrogen-bond donors (Lipinski definition) is 2. The van der Waals surface area contributed by atoms with Crippen LogP contribution < -0.4 is 5.32 Å². The van der Waals surface area contributed by atoms with Crippen LogP contribution in [0.5, 0.6) is 0 Å². The molecule has 1 aliphatic rings. The van der Waals surface area contributed by atoms with Gasteiger partial charge in [-0.1, -0.05) is 17.7 Å². The highest BCUT2D eigenvalue weighted by molar-refractivity contribution is 6.35. The SMILES string of the molecule is Cc1ccc2c(c1)C(=Cc1ccc3c(C=CC(=O)N(C)CCN(C)C)n[nH]c3c1)C(=O)N2. The summed E-state index contributed by atoms with van der Waals surface area (Å²) in [5, 5.41) is 11.2. The van der Waals surface area contributed by atoms with Gasteiger partial charge in [-0.25, -0.2) is 0 Å². The van der Waals surface area contributed by atoms with E-state index in [-0.39, 0.29) is 11.8 Å². The minimum Gasteiger partial charge on any atom is -0.341 e. The largest absolute Gasteiger partial charge is 0.341 e. The Morgan fingerprint density at radius 3 is 2.69 bits per heavy atom. The van der Waals surface area contributed by atoms with Gasteiger partial charge in [0.15, 0.2) is 0 Å². The first-order valence-electron chi connectivity index (χ1n) is 10.5. The zero-order valence-electron chi connectivity index (χ0n) is 18.8. The number of fused-ring (bicyclic) bond motifs is 2. The van der Waals surface area contributed by atoms with Gasteiger partial charge in [0.25, 0.3) is 5.91 Å². The number of amides is 2. The van der Waals surface area contributed by atoms with Gasteiger partial charge in [-0.2, -0.15) is 5.10 Å². The Balaban J connectivity index is 1.55. The number of aryl methyl sites for hydroxylation is 1. The van der Waals surface area contributed by atoms with Gasteiger partial charge in [0.2, 0.25) is 5.91 Å². The molecule has 0 spiro atoms. The lowest BCUT2D eigenvalue weighted by atomic mass is 10.0. The summed E-state index contributed by atoms with van der Waals surface area (Å²) in [4.78, 5) is 28.5. The molecule has 1 aliphatic heterocycles. The molecule has 32 heavy (non-hydrogen) atoms. The van der Waals surface area contributed by atoms with E-state index in [2.05, 4.69) is 15.5 Å². The summed E-state index contributed by atoms with van der Waals surface area (Å²) in [6.07, 6.45) is 5.16. The third kappa shape index (κ3) is 4.48. The molecule has 3 aromatic rings. The fourth-order valence-electron chi connectivity index (χ4n) is 3.62. The van der Waals surface area contributed by atoms with E-state index in [9.17, 15) is 9.59 Å². The molecule has 4 rings (SSSR count). The molecule has 0 aliphatic carbocycles. The van der Waals surface area contributed by atoms with Crippen LogP contribution in [-0.2, 0) is 9.59 Å². The molecule has 1 aromatic heterocycles. The van der Waals surface area contributed by atoms with E-state index in [1.165, 1.54) is 0 Å². The van der Waals surface area contributed by atoms with Crippen molar-refractivity contribution in [3.05, 3.63) is 64.9 Å². The Morgan fingerprint density at radius 2 is 1.91 bits per heavy atom. The van der Waals surface area contributed by atoms with E-state index in [1.807, 2.05) is 68.4 Å². The van der Waals surface area contributed by atoms with Crippen LogP contribution in [0.4, 0.5) is 5.69 Å². The first kappa shape index (κ1) is 21.5. The maximum Gasteiger partial charge on any atom is 0.256 e. The molecule has 0 saturated heterocycles. The molecular weight excluding hydrogens is 402 g/mol. The maximum absolute atomic E-state index is 12.5. The second-order valence-corrected chi connectivity index (χ2v) is 8.37. The van der Waals surface area contributed by atoms with Gasteiger partial charge in [0, 0.05) is 48.4 Å². The average Bonchev–Trinajstić information content (AvgIpc) is 3.30. The smallest absolute Gasteiger partial charge is 0.256 e. The van der Waals surface area contributed by atoms with Crippen molar-refractivity contribution in [1.29, 1.82) is 0 Å². The zero-order valence-corrected chi connectivity index (χ0v) is 18.8. The fourth-order valence-corrected chi connectivity index (χ4v) is 3.62. The lowest BCUT2D eigenvalue weighted by Gasteiger charge is -2.17. The Bertz CT molecular complexity index is 1250. The minimum absolute atomic E-state index is 0.0643. The number of likely N-dealkylation sites (N-methyl/N-ethyl adjacent to an activating group) is 2. The van der Waals surface area contributed by atoms with Crippen molar-refractivity contribution >= 4 is 46.1 Å². The van der Waals surface area contributed by atoms with Gasteiger partial charge in [0.1, 0.15) is 0 Å². The molecule has 0 unspecified atom stereocenters. The van der Waals surface area contributed by atoms with Gasteiger partial charge < -0.3 is 15.1 Å². The number of aromatic nitrogens is 2. The Hall–Kier alpha value is -3.71. The molecule has 0 bridgehead atoms. The number of carbonyl (C=O) groups is 2. The third-order valence-electron chi connectivity index (χ3n) is 5.53. The van der Waals surface area contributed by atoms with E-state index in [0.717, 1.165) is 39.8 Å². The number of nitrogens with one attached hydrogen (secondary N) is 2. The van der Waals surface area contributed by atoms with Crippen LogP contribution in [0.2, 0.25) is 0 Å². The minimum atomic E-state index is -0.101. The molecule has 2 amide bonds. The normalized spacial score (nSPS) is 14.5. The van der Waals surface area contributed by atoms with Crippen molar-refractivity contribution < 1.29 is 9.59 Å². The van der Waals surface area contributed by atoms with Gasteiger partial charge in [-0.3, -0.25) is 14.7 Å². The molecule has 7 nitrogen and oxygen atoms in total. The molecule has 0 radical (unpaired) electrons. The zero-order chi connectivity index (χ0) is 22.8. The summed E-state index contributed by atoms with van der Waals surface area (Å²) in [7, 11) is 5.75. The van der Waals surface area contributed by atoms with Crippen molar-refractivity contribution in [2.75, 3.05) is 39.5 Å². The molecule has 0 atom stereocenters. The van der Waals surface area contributed by atoms with Crippen LogP contribution in [0.3, 0.4) is 0 Å². The number of anilines is 1. The number of H-pyrrole nitrogens is 1. The third-order valence-corrected chi connectivity index (χ3v) is 5.53. The van der Waals surface area contributed by atoms with E-state index in [1.54, 1.807) is 24.1 Å². The van der Waals surface area contributed by atoms with Crippen LogP contribution in [0.1, 0.15) is 22.4 Å². The highest BCUT2D eigenvalue weighted by atomic mass is 16.2. The standard InChI is InChI=1S/C25H27N5O2/c1-16-5-8-21-19(13-16)20(25(32)26-21)14-17-6-7-18-22(27-28-23(18)15-17)9-10-24(31)30(4)12-11-29(2)3/h5-10,13-15H,11-12H2,1-4H3,(H,26,32)(H,27,28). The fraction of sp³-hybridized carbons (Fsp3) is 0.240. The van der Waals surface area contributed by atoms with E-state index < -0.39 is 0 Å². The molecular formula is C25H27N5O2. The summed E-state index contributed by atoms with van der Waals surface area (Å²) < 4.78 is 0. The summed E-state index contributed by atoms with van der Waals surface area (Å²) in [6.45, 7) is 3.48. The van der Waals surface area contributed by atoms with E-state index in [4.69, 9.17) is 0 Å². The number of hydrogen-bond acceptors (Lipinski definition) is 4. The second-order valence-electron chi connectivity index (χ2n) is 8.37. The summed E-state index contributed by atoms with van der Waals surface area (Å²) >= 11 is 0. The molecule has 2 N–H and O–H groups in total. The highest BCUT2D eigenvalue weighted by Gasteiger charge is 2.24. The van der Waals surface area contributed by atoms with E-state index >= 15 is 0 Å². The topological polar surface area (TPSA) is 81.3 Å². The molecule has 2 aromatic carbocycles. The van der Waals surface area contributed by atoms with Crippen molar-refractivity contribution in [3.63, 3.8) is 0 Å². The first-order chi connectivity index (χ1) is 15.3. The lowest BCUT2D eigenvalue weighted by molar-refractivity contribution is -0.124. The first-order valence-corrected chi connectivity index (χ1v) is 10.5. The number of nitrogens with zero attached hydrogens (tertiary/aromatic N) is 3. The maximum atomic E-state index is 12.5. The van der Waals surface area contributed by atoms with Crippen LogP contribution >= 0.6 is 0 Å². The summed E-state index contributed by atoms with van der Waals surface area (Å²) in [5.41, 5.74) is 5.95. The van der Waals surface area contributed by atoms with Crippen LogP contribution in [0, 0.1) is 6.92 Å². The van der Waals surface area contributed by atoms with Gasteiger partial charge in [-0.15, -0.1) is 0 Å². The predicted octanol–water partition coefficient (Wildman–Crippen LogP) is 3.40. The molecule has 2 heterocycles. The number of aromatic amines is 1. The number of benzene rings is 2. The monoisotopic (exact) mass is 429 g/mol. The van der Waals surface area contributed by atoms with E-state index in [0.29, 0.717) is 17.8 Å². The van der Waals surface area contributed by atoms with Gasteiger partial charge in [0.05, 0.1) is 11.2 Å². The lowest BCUT2D eigenvalue weighted by Crippen LogP contribution is -2.32. The predicted molar refractivity (Wildman–Crippen MR) is 129 cm³/mol. The van der Waals surface area contributed by atoms with Gasteiger partial charge in [-0.05, 0) is 63.0 Å². The van der Waals surface area contributed by atoms with Crippen molar-refractivity contribution in [1.82, 2.24) is 20.0 Å². The second kappa shape index (κ2) is 8.80. The van der Waals surface area contributed by atoms with Crippen molar-refractivity contribution in [3.8, 4) is 0 Å². The quantitative estimate of drug-likeness (QED) is 0.589. The van der Waals surface area contributed by atoms with Crippen LogP contribution in [-0.4, -0.2) is 66.0 Å². The molecule has 164 valence electrons. The molecule has 7 heteroatoms. The Morgan fingerprint density at radius 1 is 1.09 bits per heavy atom. The molecule has 0 fully saturated rings. The summed E-state index contributed by atoms with van der Waals surface area (Å²) in [5.74, 6) is -0.165. The number of carbonyl (C=O) groups excluding carboxylic acids is 2. The van der Waals surface area contributed by atoms with Crippen molar-refractivity contribution in [2.45, 2.75) is 6.92 Å². The average molecular weight is 430 g/mol. The van der Waals surface area contributed by atoms with Crippen LogP contribution in [0.25, 0.3) is 28.6 Å². The Kier molecular flexibility index (Phi) is 5.92. The van der Waals surface area contributed by atoms with Gasteiger partial charge >= 0.3 is 0 Å². The number of rotatable bonds is 6. The highest BCUT2D eigenvalue weighted by Crippen LogP contribution is 2.34. The van der Waals surface area contributed by atoms with Crippen molar-refractivity contribution in [2.24, 2.45) is 0 Å². The summed E-state index contributed by atoms with van der Waals surface area (Å²) in [6, 6.07) is 11.8. The molecule has 0 saturated carbocycles. The van der Waals surface area contributed by atoms with Crippen LogP contribution in [0.15, 0.2) is 42.5 Å². The Labute approximate surface area is 187 Å².